The third kappa shape index (κ3) is 4.99. The molecule has 0 saturated carbocycles. The zero-order chi connectivity index (χ0) is 13.0. The van der Waals surface area contributed by atoms with Crippen LogP contribution in [-0.2, 0) is 9.59 Å². The van der Waals surface area contributed by atoms with Crippen molar-refractivity contribution in [2.45, 2.75) is 44.8 Å². The minimum Gasteiger partial charge on any atom is -0.480 e. The summed E-state index contributed by atoms with van der Waals surface area (Å²) in [4.78, 5) is 21.8. The Balaban J connectivity index is 4.28. The third-order valence-electron chi connectivity index (χ3n) is 2.23. The van der Waals surface area contributed by atoms with Gasteiger partial charge in [0.1, 0.15) is 5.54 Å². The number of nitrogens with one attached hydrogen (secondary N) is 1. The number of amides is 1. The van der Waals surface area contributed by atoms with Crippen LogP contribution < -0.4 is 5.32 Å². The Morgan fingerprint density at radius 2 is 1.81 bits per heavy atom. The van der Waals surface area contributed by atoms with Crippen molar-refractivity contribution in [1.29, 1.82) is 0 Å². The average molecular weight is 241 g/mol. The van der Waals surface area contributed by atoms with Crippen LogP contribution in [0, 0.1) is 0 Å². The van der Waals surface area contributed by atoms with Gasteiger partial charge in [0.25, 0.3) is 0 Å². The Morgan fingerprint density at radius 1 is 1.31 bits per heavy atom. The largest absolute Gasteiger partial charge is 0.480 e. The smallest absolute Gasteiger partial charge is 0.389 e. The summed E-state index contributed by atoms with van der Waals surface area (Å²) in [5.41, 5.74) is -1.51. The lowest BCUT2D eigenvalue weighted by molar-refractivity contribution is -0.150. The van der Waals surface area contributed by atoms with Gasteiger partial charge in [0, 0.05) is 6.42 Å². The number of rotatable bonds is 5. The minimum absolute atomic E-state index is 0.0973. The van der Waals surface area contributed by atoms with Crippen molar-refractivity contribution in [3.05, 3.63) is 0 Å². The maximum atomic E-state index is 11.8. The van der Waals surface area contributed by atoms with Gasteiger partial charge in [-0.3, -0.25) is 4.79 Å². The number of carbonyl (C=O) groups excluding carboxylic acids is 1. The summed E-state index contributed by atoms with van der Waals surface area (Å²) in [6.07, 6.45) is -6.33. The summed E-state index contributed by atoms with van der Waals surface area (Å²) in [5.74, 6) is -2.18. The molecule has 0 rings (SSSR count). The van der Waals surface area contributed by atoms with E-state index in [-0.39, 0.29) is 6.42 Å². The van der Waals surface area contributed by atoms with Gasteiger partial charge in [-0.25, -0.2) is 4.79 Å². The first-order valence-corrected chi connectivity index (χ1v) is 4.72. The van der Waals surface area contributed by atoms with Gasteiger partial charge in [-0.05, 0) is 13.3 Å². The fourth-order valence-corrected chi connectivity index (χ4v) is 0.919. The molecule has 7 heteroatoms. The van der Waals surface area contributed by atoms with E-state index in [9.17, 15) is 22.8 Å². The highest BCUT2D eigenvalue weighted by Gasteiger charge is 2.34. The first-order valence-electron chi connectivity index (χ1n) is 4.72. The maximum Gasteiger partial charge on any atom is 0.389 e. The summed E-state index contributed by atoms with van der Waals surface area (Å²) in [6.45, 7) is 2.78. The van der Waals surface area contributed by atoms with Crippen LogP contribution in [-0.4, -0.2) is 28.7 Å². The molecule has 2 N–H and O–H groups in total. The number of halogens is 3. The Kier molecular flexibility index (Phi) is 4.77. The third-order valence-corrected chi connectivity index (χ3v) is 2.23. The molecular weight excluding hydrogens is 227 g/mol. The van der Waals surface area contributed by atoms with Crippen LogP contribution in [0.2, 0.25) is 0 Å². The Morgan fingerprint density at radius 3 is 2.12 bits per heavy atom. The molecule has 0 aliphatic heterocycles. The molecule has 4 nitrogen and oxygen atoms in total. The van der Waals surface area contributed by atoms with Crippen molar-refractivity contribution in [3.8, 4) is 0 Å². The molecule has 0 bridgehead atoms. The van der Waals surface area contributed by atoms with Crippen LogP contribution in [0.25, 0.3) is 0 Å². The quantitative estimate of drug-likeness (QED) is 0.769. The average Bonchev–Trinajstić information content (AvgIpc) is 2.13. The Bertz CT molecular complexity index is 278. The van der Waals surface area contributed by atoms with Gasteiger partial charge >= 0.3 is 12.1 Å². The molecule has 0 radical (unpaired) electrons. The molecule has 1 atom stereocenters. The maximum absolute atomic E-state index is 11.8. The molecule has 0 saturated heterocycles. The van der Waals surface area contributed by atoms with Gasteiger partial charge in [-0.2, -0.15) is 13.2 Å². The number of hydrogen-bond donors (Lipinski definition) is 2. The molecule has 0 aliphatic carbocycles. The van der Waals surface area contributed by atoms with Gasteiger partial charge in [0.15, 0.2) is 0 Å². The molecule has 0 aliphatic rings. The molecule has 16 heavy (non-hydrogen) atoms. The molecule has 1 amide bonds. The SMILES string of the molecule is CCC(C)(NC(=O)CCC(F)(F)F)C(=O)O. The van der Waals surface area contributed by atoms with Crippen molar-refractivity contribution in [2.75, 3.05) is 0 Å². The van der Waals surface area contributed by atoms with Gasteiger partial charge in [0.2, 0.25) is 5.91 Å². The summed E-state index contributed by atoms with van der Waals surface area (Å²) in [6, 6.07) is 0. The van der Waals surface area contributed by atoms with Gasteiger partial charge in [0.05, 0.1) is 6.42 Å². The predicted molar refractivity (Wildman–Crippen MR) is 49.8 cm³/mol. The lowest BCUT2D eigenvalue weighted by Crippen LogP contribution is -2.51. The first-order chi connectivity index (χ1) is 7.10. The highest BCUT2D eigenvalue weighted by atomic mass is 19.4. The van der Waals surface area contributed by atoms with E-state index in [1.807, 2.05) is 0 Å². The van der Waals surface area contributed by atoms with E-state index in [1.165, 1.54) is 13.8 Å². The van der Waals surface area contributed by atoms with Crippen molar-refractivity contribution in [1.82, 2.24) is 5.32 Å². The molecule has 0 aromatic heterocycles. The second kappa shape index (κ2) is 5.18. The highest BCUT2D eigenvalue weighted by molar-refractivity contribution is 5.86. The van der Waals surface area contributed by atoms with E-state index in [1.54, 1.807) is 0 Å². The Labute approximate surface area is 90.8 Å². The number of carboxylic acids is 1. The molecule has 0 fully saturated rings. The number of carbonyl (C=O) groups is 2. The summed E-state index contributed by atoms with van der Waals surface area (Å²) in [5, 5.41) is 10.8. The van der Waals surface area contributed by atoms with Crippen LogP contribution >= 0.6 is 0 Å². The van der Waals surface area contributed by atoms with Crippen molar-refractivity contribution in [3.63, 3.8) is 0 Å². The molecule has 0 aromatic carbocycles. The number of alkyl halides is 3. The topological polar surface area (TPSA) is 66.4 Å². The van der Waals surface area contributed by atoms with Crippen LogP contribution in [0.3, 0.4) is 0 Å². The number of carboxylic acid groups (broad SMARTS) is 1. The standard InChI is InChI=1S/C9H14F3NO3/c1-3-8(2,7(15)16)13-6(14)4-5-9(10,11)12/h3-5H2,1-2H3,(H,13,14)(H,15,16). The zero-order valence-electron chi connectivity index (χ0n) is 9.02. The van der Waals surface area contributed by atoms with Crippen LogP contribution in [0.15, 0.2) is 0 Å². The van der Waals surface area contributed by atoms with E-state index in [0.717, 1.165) is 0 Å². The summed E-state index contributed by atoms with van der Waals surface area (Å²) in [7, 11) is 0. The van der Waals surface area contributed by atoms with E-state index >= 15 is 0 Å². The second-order valence-corrected chi connectivity index (χ2v) is 3.65. The molecule has 0 spiro atoms. The fourth-order valence-electron chi connectivity index (χ4n) is 0.919. The molecular formula is C9H14F3NO3. The van der Waals surface area contributed by atoms with E-state index in [4.69, 9.17) is 5.11 Å². The van der Waals surface area contributed by atoms with Crippen LogP contribution in [0.5, 0.6) is 0 Å². The second-order valence-electron chi connectivity index (χ2n) is 3.65. The molecule has 1 unspecified atom stereocenters. The van der Waals surface area contributed by atoms with Gasteiger partial charge in [-0.15, -0.1) is 0 Å². The Hall–Kier alpha value is -1.27. The van der Waals surface area contributed by atoms with E-state index in [2.05, 4.69) is 5.32 Å². The molecule has 0 heterocycles. The van der Waals surface area contributed by atoms with Gasteiger partial charge in [-0.1, -0.05) is 6.92 Å². The highest BCUT2D eigenvalue weighted by Crippen LogP contribution is 2.21. The minimum atomic E-state index is -4.41. The normalized spacial score (nSPS) is 15.3. The van der Waals surface area contributed by atoms with Crippen molar-refractivity contribution in [2.24, 2.45) is 0 Å². The van der Waals surface area contributed by atoms with Crippen LogP contribution in [0.4, 0.5) is 13.2 Å². The fraction of sp³-hybridized carbons (Fsp3) is 0.778. The number of hydrogen-bond acceptors (Lipinski definition) is 2. The molecule has 0 aromatic rings. The lowest BCUT2D eigenvalue weighted by atomic mass is 9.99. The first kappa shape index (κ1) is 14.7. The van der Waals surface area contributed by atoms with E-state index in [0.29, 0.717) is 0 Å². The van der Waals surface area contributed by atoms with Crippen LogP contribution in [0.1, 0.15) is 33.1 Å². The number of aliphatic carboxylic acids is 1. The summed E-state index contributed by atoms with van der Waals surface area (Å²) >= 11 is 0. The lowest BCUT2D eigenvalue weighted by Gasteiger charge is -2.24. The predicted octanol–water partition coefficient (Wildman–Crippen LogP) is 1.70. The monoisotopic (exact) mass is 241 g/mol. The summed E-state index contributed by atoms with van der Waals surface area (Å²) < 4.78 is 35.4. The van der Waals surface area contributed by atoms with Crippen molar-refractivity contribution >= 4 is 11.9 Å². The van der Waals surface area contributed by atoms with E-state index < -0.39 is 36.4 Å². The zero-order valence-corrected chi connectivity index (χ0v) is 9.02. The molecule has 94 valence electrons. The van der Waals surface area contributed by atoms with Crippen molar-refractivity contribution < 1.29 is 27.9 Å². The van der Waals surface area contributed by atoms with Gasteiger partial charge < -0.3 is 10.4 Å².